The highest BCUT2D eigenvalue weighted by Crippen LogP contribution is 2.12. The van der Waals surface area contributed by atoms with E-state index in [9.17, 15) is 19.5 Å². The Kier molecular flexibility index (Phi) is 36.4. The van der Waals surface area contributed by atoms with Crippen LogP contribution >= 0.6 is 0 Å². The van der Waals surface area contributed by atoms with Gasteiger partial charge in [0.2, 0.25) is 0 Å². The monoisotopic (exact) mass is 784 g/mol. The van der Waals surface area contributed by atoms with Gasteiger partial charge in [-0.15, -0.1) is 0 Å². The van der Waals surface area contributed by atoms with Gasteiger partial charge in [0.1, 0.15) is 12.6 Å². The van der Waals surface area contributed by atoms with Crippen LogP contribution in [0.3, 0.4) is 0 Å². The van der Waals surface area contributed by atoms with Crippen LogP contribution in [-0.2, 0) is 28.6 Å². The van der Waals surface area contributed by atoms with E-state index in [0.717, 1.165) is 96.3 Å². The lowest BCUT2D eigenvalue weighted by molar-refractivity contribution is -0.889. The normalized spacial score (nSPS) is 13.7. The van der Waals surface area contributed by atoms with Crippen molar-refractivity contribution in [1.82, 2.24) is 0 Å². The maximum Gasteiger partial charge on any atom is 0.306 e. The molecule has 0 saturated carbocycles. The number of carboxylic acid groups (broad SMARTS) is 1. The lowest BCUT2D eigenvalue weighted by Gasteiger charge is -2.34. The van der Waals surface area contributed by atoms with Crippen LogP contribution in [0.25, 0.3) is 0 Å². The van der Waals surface area contributed by atoms with Gasteiger partial charge in [-0.3, -0.25) is 9.59 Å². The number of nitrogens with zero attached hydrogens (tertiary/aromatic N) is 1. The predicted octanol–water partition coefficient (Wildman–Crippen LogP) is 10.6. The average Bonchev–Trinajstić information content (AvgIpc) is 3.15. The van der Waals surface area contributed by atoms with Gasteiger partial charge in [-0.2, -0.15) is 0 Å². The molecule has 2 unspecified atom stereocenters. The van der Waals surface area contributed by atoms with E-state index in [1.165, 1.54) is 32.1 Å². The highest BCUT2D eigenvalue weighted by atomic mass is 16.6. The molecule has 0 aliphatic carbocycles. The number of quaternary nitrogens is 1. The number of esters is 2. The Balaban J connectivity index is 4.43. The quantitative estimate of drug-likeness (QED) is 0.0202. The van der Waals surface area contributed by atoms with Crippen molar-refractivity contribution in [3.63, 3.8) is 0 Å². The molecule has 0 aromatic carbocycles. The van der Waals surface area contributed by atoms with Crippen LogP contribution in [0.1, 0.15) is 162 Å². The predicted molar refractivity (Wildman–Crippen MR) is 231 cm³/mol. The molecule has 8 heteroatoms. The smallest absolute Gasteiger partial charge is 0.306 e. The van der Waals surface area contributed by atoms with E-state index < -0.39 is 18.1 Å². The number of unbranched alkanes of at least 4 members (excludes halogenated alkanes) is 14. The van der Waals surface area contributed by atoms with Crippen LogP contribution in [0, 0.1) is 0 Å². The van der Waals surface area contributed by atoms with Crippen molar-refractivity contribution in [2.75, 3.05) is 41.0 Å². The lowest BCUT2D eigenvalue weighted by atomic mass is 10.1. The van der Waals surface area contributed by atoms with Crippen LogP contribution in [-0.4, -0.2) is 75.5 Å². The van der Waals surface area contributed by atoms with E-state index in [0.29, 0.717) is 6.42 Å². The molecular weight excluding hydrogens is 703 g/mol. The summed E-state index contributed by atoms with van der Waals surface area (Å²) in [6, 6.07) is -0.736. The van der Waals surface area contributed by atoms with E-state index in [2.05, 4.69) is 86.8 Å². The summed E-state index contributed by atoms with van der Waals surface area (Å²) in [6.45, 7) is 4.47. The molecule has 0 fully saturated rings. The van der Waals surface area contributed by atoms with E-state index >= 15 is 0 Å². The van der Waals surface area contributed by atoms with Gasteiger partial charge in [-0.25, -0.2) is 0 Å². The van der Waals surface area contributed by atoms with Gasteiger partial charge in [0, 0.05) is 19.3 Å². The van der Waals surface area contributed by atoms with Gasteiger partial charge in [-0.05, 0) is 70.6 Å². The topological polar surface area (TPSA) is 102 Å². The highest BCUT2D eigenvalue weighted by molar-refractivity contribution is 5.70. The molecule has 0 N–H and O–H groups in total. The summed E-state index contributed by atoms with van der Waals surface area (Å²) in [5.74, 6) is -1.80. The Labute approximate surface area is 342 Å². The van der Waals surface area contributed by atoms with Gasteiger partial charge < -0.3 is 28.6 Å². The van der Waals surface area contributed by atoms with E-state index in [-0.39, 0.29) is 49.1 Å². The van der Waals surface area contributed by atoms with Crippen LogP contribution < -0.4 is 5.11 Å². The summed E-state index contributed by atoms with van der Waals surface area (Å²) in [5, 5.41) is 11.6. The number of likely N-dealkylation sites (N-methyl/N-ethyl adjacent to an activating group) is 1. The zero-order valence-corrected chi connectivity index (χ0v) is 36.3. The van der Waals surface area contributed by atoms with Crippen molar-refractivity contribution in [2.24, 2.45) is 0 Å². The summed E-state index contributed by atoms with van der Waals surface area (Å²) in [7, 11) is 5.38. The minimum atomic E-state index is -1.14. The zero-order valence-electron chi connectivity index (χ0n) is 36.3. The Bertz CT molecular complexity index is 1140. The van der Waals surface area contributed by atoms with Crippen molar-refractivity contribution in [3.8, 4) is 0 Å². The number of hydrogen-bond donors (Lipinski definition) is 0. The number of rotatable bonds is 38. The maximum atomic E-state index is 12.7. The van der Waals surface area contributed by atoms with Crippen molar-refractivity contribution in [3.05, 3.63) is 72.9 Å². The first kappa shape index (κ1) is 52.8. The minimum absolute atomic E-state index is 0.0209. The standard InChI is InChI=1S/C48H81NO7/c1-6-8-10-12-14-16-18-20-22-23-24-25-27-28-30-32-34-36-38-46(50)55-43-44(42-54-41-40-45(48(52)53)49(3,4)5)56-47(51)39-37-35-33-31-29-26-21-19-17-15-13-11-9-7-2/h9,11,15,17-18,20-26,44-45H,6-8,10,12-14,16,19,27-43H2,1-5H3/b11-9+,17-15+,20-18+,23-22+,25-24+,26-21+. The number of carbonyl (C=O) groups is 3. The molecule has 8 nitrogen and oxygen atoms in total. The molecule has 0 aromatic rings. The number of aliphatic carboxylic acids is 1. The zero-order chi connectivity index (χ0) is 41.4. The second-order valence-corrected chi connectivity index (χ2v) is 15.6. The first-order valence-electron chi connectivity index (χ1n) is 22.0. The number of carbonyl (C=O) groups excluding carboxylic acids is 3. The summed E-state index contributed by atoms with van der Waals surface area (Å²) in [5.41, 5.74) is 0. The average molecular weight is 784 g/mol. The van der Waals surface area contributed by atoms with Crippen molar-refractivity contribution in [2.45, 2.75) is 174 Å². The fraction of sp³-hybridized carbons (Fsp3) is 0.688. The fourth-order valence-electron chi connectivity index (χ4n) is 5.97. The summed E-state index contributed by atoms with van der Waals surface area (Å²) < 4.78 is 17.1. The number of allylic oxidation sites excluding steroid dienone is 12. The van der Waals surface area contributed by atoms with Crippen LogP contribution in [0.5, 0.6) is 0 Å². The van der Waals surface area contributed by atoms with Crippen molar-refractivity contribution < 1.29 is 38.2 Å². The van der Waals surface area contributed by atoms with Crippen LogP contribution in [0.15, 0.2) is 72.9 Å². The number of hydrogen-bond acceptors (Lipinski definition) is 7. The highest BCUT2D eigenvalue weighted by Gasteiger charge is 2.25. The molecule has 0 rings (SSSR count). The Morgan fingerprint density at radius 3 is 1.62 bits per heavy atom. The van der Waals surface area contributed by atoms with Crippen molar-refractivity contribution >= 4 is 17.9 Å². The van der Waals surface area contributed by atoms with Gasteiger partial charge >= 0.3 is 11.9 Å². The Morgan fingerprint density at radius 2 is 1.07 bits per heavy atom. The molecule has 56 heavy (non-hydrogen) atoms. The molecule has 0 bridgehead atoms. The number of carboxylic acids is 1. The number of ether oxygens (including phenoxy) is 3. The first-order chi connectivity index (χ1) is 27.1. The van der Waals surface area contributed by atoms with Gasteiger partial charge in [0.15, 0.2) is 6.10 Å². The third kappa shape index (κ3) is 36.4. The molecule has 0 aromatic heterocycles. The summed E-state index contributed by atoms with van der Waals surface area (Å²) in [6.07, 6.45) is 47.8. The molecular formula is C48H81NO7. The minimum Gasteiger partial charge on any atom is -0.544 e. The van der Waals surface area contributed by atoms with Gasteiger partial charge in [0.05, 0.1) is 40.3 Å². The Hall–Kier alpha value is -3.23. The molecule has 0 amide bonds. The third-order valence-electron chi connectivity index (χ3n) is 9.39. The largest absolute Gasteiger partial charge is 0.544 e. The van der Waals surface area contributed by atoms with Crippen LogP contribution in [0.4, 0.5) is 0 Å². The van der Waals surface area contributed by atoms with E-state index in [1.54, 1.807) is 21.1 Å². The van der Waals surface area contributed by atoms with Crippen molar-refractivity contribution in [1.29, 1.82) is 0 Å². The second kappa shape index (κ2) is 38.6. The first-order valence-corrected chi connectivity index (χ1v) is 22.0. The van der Waals surface area contributed by atoms with E-state index in [1.807, 2.05) is 0 Å². The van der Waals surface area contributed by atoms with Gasteiger partial charge in [0.25, 0.3) is 0 Å². The molecule has 2 atom stereocenters. The van der Waals surface area contributed by atoms with E-state index in [4.69, 9.17) is 14.2 Å². The third-order valence-corrected chi connectivity index (χ3v) is 9.39. The Morgan fingerprint density at radius 1 is 0.571 bits per heavy atom. The maximum absolute atomic E-state index is 12.7. The SMILES string of the molecule is CC/C=C/C/C=C/C/C=C/CCCCCCC(=O)OC(COCCC(C(=O)[O-])[N+](C)(C)C)COC(=O)CCCCCCC/C=C/C=C/C=C/CCCCCCC. The summed E-state index contributed by atoms with van der Waals surface area (Å²) >= 11 is 0. The molecule has 0 spiro atoms. The molecule has 0 aliphatic heterocycles. The lowest BCUT2D eigenvalue weighted by Crippen LogP contribution is -2.55. The second-order valence-electron chi connectivity index (χ2n) is 15.6. The fourth-order valence-corrected chi connectivity index (χ4v) is 5.97. The molecule has 0 radical (unpaired) electrons. The molecule has 0 aliphatic rings. The van der Waals surface area contributed by atoms with Gasteiger partial charge in [-0.1, -0.05) is 145 Å². The van der Waals surface area contributed by atoms with Crippen LogP contribution in [0.2, 0.25) is 0 Å². The molecule has 0 heterocycles. The molecule has 320 valence electrons. The molecule has 0 saturated heterocycles. The summed E-state index contributed by atoms with van der Waals surface area (Å²) in [4.78, 5) is 36.8.